The van der Waals surface area contributed by atoms with Crippen molar-refractivity contribution in [1.29, 1.82) is 0 Å². The van der Waals surface area contributed by atoms with Crippen LogP contribution in [0.25, 0.3) is 6.08 Å². The van der Waals surface area contributed by atoms with Crippen LogP contribution in [0, 0.1) is 0 Å². The highest BCUT2D eigenvalue weighted by Gasteiger charge is 2.20. The predicted molar refractivity (Wildman–Crippen MR) is 87.5 cm³/mol. The second-order valence-corrected chi connectivity index (χ2v) is 5.63. The first-order valence-corrected chi connectivity index (χ1v) is 7.05. The number of hydrogen-bond acceptors (Lipinski definition) is 6. The van der Waals surface area contributed by atoms with Crippen molar-refractivity contribution < 1.29 is 28.5 Å². The predicted octanol–water partition coefficient (Wildman–Crippen LogP) is 3.08. The molecule has 0 aliphatic heterocycles. The van der Waals surface area contributed by atoms with Gasteiger partial charge >= 0.3 is 5.97 Å². The number of hydrogen-bond donors (Lipinski definition) is 0. The Kier molecular flexibility index (Phi) is 6.30. The molecule has 0 saturated heterocycles. The maximum absolute atomic E-state index is 11.9. The van der Waals surface area contributed by atoms with E-state index in [-0.39, 0.29) is 0 Å². The molecule has 0 radical (unpaired) electrons. The van der Waals surface area contributed by atoms with E-state index in [0.29, 0.717) is 28.6 Å². The van der Waals surface area contributed by atoms with Gasteiger partial charge in [0.15, 0.2) is 23.0 Å². The van der Waals surface area contributed by atoms with Crippen LogP contribution in [0.4, 0.5) is 0 Å². The van der Waals surface area contributed by atoms with E-state index < -0.39 is 11.6 Å². The van der Waals surface area contributed by atoms with Crippen molar-refractivity contribution in [3.05, 3.63) is 17.7 Å². The standard InChI is InChI=1S/C17H24O6/c1-17(2,3)23-14(18)9-8-11-15(21-6)12(19-4)10-13(20-5)16(11)22-7/h8-10H,1-7H3. The average molecular weight is 324 g/mol. The van der Waals surface area contributed by atoms with Crippen molar-refractivity contribution in [3.63, 3.8) is 0 Å². The van der Waals surface area contributed by atoms with Gasteiger partial charge in [-0.3, -0.25) is 0 Å². The van der Waals surface area contributed by atoms with Gasteiger partial charge in [-0.05, 0) is 26.8 Å². The smallest absolute Gasteiger partial charge is 0.331 e. The summed E-state index contributed by atoms with van der Waals surface area (Å²) >= 11 is 0. The van der Waals surface area contributed by atoms with Crippen molar-refractivity contribution in [1.82, 2.24) is 0 Å². The molecule has 0 amide bonds. The van der Waals surface area contributed by atoms with E-state index in [1.165, 1.54) is 34.5 Å². The second kappa shape index (κ2) is 7.76. The molecule has 0 unspecified atom stereocenters. The summed E-state index contributed by atoms with van der Waals surface area (Å²) < 4.78 is 26.6. The Labute approximate surface area is 136 Å². The zero-order valence-electron chi connectivity index (χ0n) is 14.7. The molecule has 0 fully saturated rings. The molecule has 0 bridgehead atoms. The molecular formula is C17H24O6. The van der Waals surface area contributed by atoms with E-state index in [0.717, 1.165) is 0 Å². The first-order chi connectivity index (χ1) is 10.8. The number of rotatable bonds is 6. The van der Waals surface area contributed by atoms with Crippen LogP contribution in [0.1, 0.15) is 26.3 Å². The fourth-order valence-electron chi connectivity index (χ4n) is 1.98. The zero-order chi connectivity index (χ0) is 17.6. The number of esters is 1. The van der Waals surface area contributed by atoms with Crippen LogP contribution in [0.5, 0.6) is 23.0 Å². The molecule has 6 nitrogen and oxygen atoms in total. The van der Waals surface area contributed by atoms with Crippen LogP contribution < -0.4 is 18.9 Å². The molecule has 0 saturated carbocycles. The Bertz CT molecular complexity index is 553. The highest BCUT2D eigenvalue weighted by atomic mass is 16.6. The quantitative estimate of drug-likeness (QED) is 0.592. The van der Waals surface area contributed by atoms with Crippen molar-refractivity contribution in [2.45, 2.75) is 26.4 Å². The minimum absolute atomic E-state index is 0.435. The minimum Gasteiger partial charge on any atom is -0.493 e. The summed E-state index contributed by atoms with van der Waals surface area (Å²) in [6.45, 7) is 5.40. The molecular weight excluding hydrogens is 300 g/mol. The fraction of sp³-hybridized carbons (Fsp3) is 0.471. The van der Waals surface area contributed by atoms with Crippen molar-refractivity contribution in [2.75, 3.05) is 28.4 Å². The van der Waals surface area contributed by atoms with Crippen LogP contribution in [0.3, 0.4) is 0 Å². The van der Waals surface area contributed by atoms with E-state index in [9.17, 15) is 4.79 Å². The van der Waals surface area contributed by atoms with Gasteiger partial charge in [0.05, 0.1) is 34.0 Å². The first kappa shape index (κ1) is 18.7. The Hall–Kier alpha value is -2.37. The highest BCUT2D eigenvalue weighted by molar-refractivity contribution is 5.89. The maximum Gasteiger partial charge on any atom is 0.331 e. The van der Waals surface area contributed by atoms with Crippen LogP contribution in [-0.4, -0.2) is 40.0 Å². The molecule has 1 rings (SSSR count). The number of benzene rings is 1. The van der Waals surface area contributed by atoms with Crippen molar-refractivity contribution in [3.8, 4) is 23.0 Å². The lowest BCUT2D eigenvalue weighted by Crippen LogP contribution is -2.22. The van der Waals surface area contributed by atoms with Gasteiger partial charge in [-0.2, -0.15) is 0 Å². The minimum atomic E-state index is -0.568. The molecule has 128 valence electrons. The van der Waals surface area contributed by atoms with E-state index in [1.807, 2.05) is 0 Å². The van der Waals surface area contributed by atoms with Gasteiger partial charge in [0.1, 0.15) is 5.60 Å². The lowest BCUT2D eigenvalue weighted by molar-refractivity contribution is -0.148. The van der Waals surface area contributed by atoms with Gasteiger partial charge in [0, 0.05) is 12.1 Å². The van der Waals surface area contributed by atoms with Gasteiger partial charge < -0.3 is 23.7 Å². The van der Waals surface area contributed by atoms with Crippen LogP contribution in [-0.2, 0) is 9.53 Å². The SMILES string of the molecule is COc1cc(OC)c(OC)c(C=CC(=O)OC(C)(C)C)c1OC. The number of carbonyl (C=O) groups excluding carboxylic acids is 1. The van der Waals surface area contributed by atoms with Gasteiger partial charge in [-0.25, -0.2) is 4.79 Å². The number of carbonyl (C=O) groups is 1. The van der Waals surface area contributed by atoms with E-state index in [1.54, 1.807) is 32.9 Å². The lowest BCUT2D eigenvalue weighted by Gasteiger charge is -2.19. The van der Waals surface area contributed by atoms with E-state index in [2.05, 4.69) is 0 Å². The summed E-state index contributed by atoms with van der Waals surface area (Å²) in [5, 5.41) is 0. The molecule has 0 atom stereocenters. The number of methoxy groups -OCH3 is 4. The topological polar surface area (TPSA) is 63.2 Å². The molecule has 0 spiro atoms. The van der Waals surface area contributed by atoms with Gasteiger partial charge in [0.2, 0.25) is 0 Å². The van der Waals surface area contributed by atoms with Crippen LogP contribution >= 0.6 is 0 Å². The van der Waals surface area contributed by atoms with Crippen LogP contribution in [0.2, 0.25) is 0 Å². The molecule has 0 aromatic heterocycles. The third-order valence-electron chi connectivity index (χ3n) is 2.84. The summed E-state index contributed by atoms with van der Waals surface area (Å²) in [4.78, 5) is 11.9. The second-order valence-electron chi connectivity index (χ2n) is 5.63. The van der Waals surface area contributed by atoms with E-state index >= 15 is 0 Å². The Balaban J connectivity index is 3.34. The van der Waals surface area contributed by atoms with Gasteiger partial charge in [-0.1, -0.05) is 0 Å². The third kappa shape index (κ3) is 4.81. The molecule has 0 aliphatic rings. The maximum atomic E-state index is 11.9. The van der Waals surface area contributed by atoms with E-state index in [4.69, 9.17) is 23.7 Å². The molecule has 0 N–H and O–H groups in total. The molecule has 1 aromatic carbocycles. The summed E-state index contributed by atoms with van der Waals surface area (Å²) in [5.74, 6) is 1.33. The van der Waals surface area contributed by atoms with Crippen molar-refractivity contribution >= 4 is 12.0 Å². The molecule has 0 heterocycles. The van der Waals surface area contributed by atoms with Crippen LogP contribution in [0.15, 0.2) is 12.1 Å². The summed E-state index contributed by atoms with van der Waals surface area (Å²) in [6, 6.07) is 1.66. The fourth-order valence-corrected chi connectivity index (χ4v) is 1.98. The highest BCUT2D eigenvalue weighted by Crippen LogP contribution is 2.45. The normalized spacial score (nSPS) is 11.3. The Morgan fingerprint density at radius 3 is 1.74 bits per heavy atom. The van der Waals surface area contributed by atoms with Crippen molar-refractivity contribution in [2.24, 2.45) is 0 Å². The zero-order valence-corrected chi connectivity index (χ0v) is 14.7. The lowest BCUT2D eigenvalue weighted by atomic mass is 10.1. The third-order valence-corrected chi connectivity index (χ3v) is 2.84. The monoisotopic (exact) mass is 324 g/mol. The molecule has 6 heteroatoms. The number of ether oxygens (including phenoxy) is 5. The summed E-state index contributed by atoms with van der Waals surface area (Å²) in [5.41, 5.74) is -0.0427. The summed E-state index contributed by atoms with van der Waals surface area (Å²) in [6.07, 6.45) is 2.86. The Morgan fingerprint density at radius 1 is 0.913 bits per heavy atom. The summed E-state index contributed by atoms with van der Waals surface area (Å²) in [7, 11) is 6.05. The molecule has 23 heavy (non-hydrogen) atoms. The largest absolute Gasteiger partial charge is 0.493 e. The first-order valence-electron chi connectivity index (χ1n) is 7.05. The molecule has 0 aliphatic carbocycles. The Morgan fingerprint density at radius 2 is 1.39 bits per heavy atom. The molecule has 1 aromatic rings. The average Bonchev–Trinajstić information content (AvgIpc) is 2.49. The van der Waals surface area contributed by atoms with Gasteiger partial charge in [-0.15, -0.1) is 0 Å². The van der Waals surface area contributed by atoms with Gasteiger partial charge in [0.25, 0.3) is 0 Å².